The molecule has 0 aromatic heterocycles. The summed E-state index contributed by atoms with van der Waals surface area (Å²) < 4.78 is 11.5. The van der Waals surface area contributed by atoms with Gasteiger partial charge >= 0.3 is 6.03 Å². The topological polar surface area (TPSA) is 50.8 Å². The van der Waals surface area contributed by atoms with Gasteiger partial charge in [0.05, 0.1) is 13.2 Å². The third kappa shape index (κ3) is 3.98. The Kier molecular flexibility index (Phi) is 4.95. The third-order valence-electron chi connectivity index (χ3n) is 5.83. The van der Waals surface area contributed by atoms with E-state index in [9.17, 15) is 4.79 Å². The molecule has 2 amide bonds. The number of likely N-dealkylation sites (tertiary alicyclic amines) is 1. The number of nitrogens with zero attached hydrogens (tertiary/aromatic N) is 1. The van der Waals surface area contributed by atoms with Crippen molar-refractivity contribution >= 4 is 6.03 Å². The number of hydrogen-bond donors (Lipinski definition) is 1. The van der Waals surface area contributed by atoms with Crippen molar-refractivity contribution in [2.75, 3.05) is 26.3 Å². The van der Waals surface area contributed by atoms with Crippen LogP contribution in [-0.4, -0.2) is 49.1 Å². The molecular formula is C20H28N2O3. The first-order valence-corrected chi connectivity index (χ1v) is 9.60. The van der Waals surface area contributed by atoms with Gasteiger partial charge in [0.1, 0.15) is 0 Å². The van der Waals surface area contributed by atoms with Crippen LogP contribution in [0.4, 0.5) is 4.79 Å². The van der Waals surface area contributed by atoms with Gasteiger partial charge in [-0.25, -0.2) is 4.79 Å². The van der Waals surface area contributed by atoms with Crippen LogP contribution in [0.15, 0.2) is 30.3 Å². The van der Waals surface area contributed by atoms with Gasteiger partial charge in [0, 0.05) is 32.0 Å². The molecule has 1 aliphatic carbocycles. The van der Waals surface area contributed by atoms with Gasteiger partial charge in [0.15, 0.2) is 5.79 Å². The molecule has 2 heterocycles. The van der Waals surface area contributed by atoms with Crippen LogP contribution >= 0.6 is 0 Å². The molecule has 3 fully saturated rings. The molecule has 0 bridgehead atoms. The van der Waals surface area contributed by atoms with E-state index in [4.69, 9.17) is 9.47 Å². The molecule has 5 heteroatoms. The quantitative estimate of drug-likeness (QED) is 0.917. The fourth-order valence-corrected chi connectivity index (χ4v) is 4.38. The molecule has 2 aliphatic heterocycles. The summed E-state index contributed by atoms with van der Waals surface area (Å²) in [4.78, 5) is 14.6. The maximum absolute atomic E-state index is 12.6. The molecule has 5 nitrogen and oxygen atoms in total. The van der Waals surface area contributed by atoms with E-state index >= 15 is 0 Å². The van der Waals surface area contributed by atoms with Crippen LogP contribution < -0.4 is 5.32 Å². The van der Waals surface area contributed by atoms with Crippen LogP contribution in [0, 0.1) is 5.92 Å². The molecule has 3 aliphatic rings. The number of amides is 2. The van der Waals surface area contributed by atoms with E-state index in [0.29, 0.717) is 19.1 Å². The lowest BCUT2D eigenvalue weighted by molar-refractivity contribution is -0.179. The Morgan fingerprint density at radius 2 is 1.84 bits per heavy atom. The summed E-state index contributed by atoms with van der Waals surface area (Å²) in [6.45, 7) is 3.14. The van der Waals surface area contributed by atoms with Crippen LogP contribution in [0.1, 0.15) is 37.7 Å². The molecule has 1 aromatic rings. The largest absolute Gasteiger partial charge is 0.348 e. The van der Waals surface area contributed by atoms with Crippen molar-refractivity contribution in [3.05, 3.63) is 35.9 Å². The number of carbonyl (C=O) groups excluding carboxylic acids is 1. The van der Waals surface area contributed by atoms with Gasteiger partial charge in [0.2, 0.25) is 0 Å². The van der Waals surface area contributed by atoms with E-state index in [1.54, 1.807) is 0 Å². The second-order valence-corrected chi connectivity index (χ2v) is 7.62. The Morgan fingerprint density at radius 3 is 2.56 bits per heavy atom. The summed E-state index contributed by atoms with van der Waals surface area (Å²) in [6.07, 6.45) is 5.80. The lowest BCUT2D eigenvalue weighted by Gasteiger charge is -2.36. The van der Waals surface area contributed by atoms with E-state index in [0.717, 1.165) is 51.6 Å². The number of carbonyl (C=O) groups is 1. The van der Waals surface area contributed by atoms with Crippen molar-refractivity contribution in [1.82, 2.24) is 10.2 Å². The molecule has 25 heavy (non-hydrogen) atoms. The third-order valence-corrected chi connectivity index (χ3v) is 5.83. The predicted molar refractivity (Wildman–Crippen MR) is 95.2 cm³/mol. The molecule has 1 spiro atoms. The summed E-state index contributed by atoms with van der Waals surface area (Å²) in [5.74, 6) is 0.221. The summed E-state index contributed by atoms with van der Waals surface area (Å²) in [5, 5.41) is 3.23. The van der Waals surface area contributed by atoms with Crippen molar-refractivity contribution in [2.45, 2.75) is 50.4 Å². The van der Waals surface area contributed by atoms with Crippen molar-refractivity contribution in [3.63, 3.8) is 0 Å². The molecule has 0 unspecified atom stereocenters. The van der Waals surface area contributed by atoms with Gasteiger partial charge in [-0.05, 0) is 37.2 Å². The number of rotatable bonds is 3. The van der Waals surface area contributed by atoms with Crippen molar-refractivity contribution in [1.29, 1.82) is 0 Å². The minimum atomic E-state index is -0.352. The monoisotopic (exact) mass is 344 g/mol. The molecule has 1 saturated carbocycles. The number of nitrogens with one attached hydrogen (secondary N) is 1. The lowest BCUT2D eigenvalue weighted by atomic mass is 9.90. The van der Waals surface area contributed by atoms with Gasteiger partial charge in [-0.3, -0.25) is 0 Å². The molecule has 4 rings (SSSR count). The predicted octanol–water partition coefficient (Wildman–Crippen LogP) is 2.95. The van der Waals surface area contributed by atoms with Crippen molar-refractivity contribution < 1.29 is 14.3 Å². The van der Waals surface area contributed by atoms with Gasteiger partial charge in [-0.1, -0.05) is 30.3 Å². The highest BCUT2D eigenvalue weighted by Gasteiger charge is 2.41. The SMILES string of the molecule is O=C(NC1CCC2(CC1)OCCO2)N1CC[C@@H](Cc2ccccc2)C1. The molecule has 2 saturated heterocycles. The standard InChI is InChI=1S/C20H28N2O3/c23-19(21-18-6-9-20(10-7-18)24-12-13-25-20)22-11-8-17(15-22)14-16-4-2-1-3-5-16/h1-5,17-18H,6-15H2,(H,21,23)/t17-/m0/s1. The number of urea groups is 1. The first-order valence-electron chi connectivity index (χ1n) is 9.60. The zero-order valence-corrected chi connectivity index (χ0v) is 14.8. The average Bonchev–Trinajstić information content (AvgIpc) is 3.28. The van der Waals surface area contributed by atoms with E-state index in [1.807, 2.05) is 11.0 Å². The lowest BCUT2D eigenvalue weighted by Crippen LogP contribution is -2.48. The highest BCUT2D eigenvalue weighted by Crippen LogP contribution is 2.35. The Morgan fingerprint density at radius 1 is 1.12 bits per heavy atom. The molecule has 1 N–H and O–H groups in total. The maximum Gasteiger partial charge on any atom is 0.317 e. The van der Waals surface area contributed by atoms with Gasteiger partial charge in [0.25, 0.3) is 0 Å². The fraction of sp³-hybridized carbons (Fsp3) is 0.650. The van der Waals surface area contributed by atoms with E-state index in [2.05, 4.69) is 29.6 Å². The summed E-state index contributed by atoms with van der Waals surface area (Å²) in [7, 11) is 0. The average molecular weight is 344 g/mol. The zero-order valence-electron chi connectivity index (χ0n) is 14.8. The van der Waals surface area contributed by atoms with E-state index in [1.165, 1.54) is 5.56 Å². The second kappa shape index (κ2) is 7.34. The Labute approximate surface area is 149 Å². The van der Waals surface area contributed by atoms with Crippen LogP contribution in [-0.2, 0) is 15.9 Å². The minimum Gasteiger partial charge on any atom is -0.348 e. The van der Waals surface area contributed by atoms with Gasteiger partial charge in [-0.2, -0.15) is 0 Å². The molecule has 1 aromatic carbocycles. The molecule has 0 radical (unpaired) electrons. The zero-order chi connectivity index (χ0) is 17.1. The fourth-order valence-electron chi connectivity index (χ4n) is 4.38. The Bertz CT molecular complexity index is 576. The first-order chi connectivity index (χ1) is 12.2. The summed E-state index contributed by atoms with van der Waals surface area (Å²) in [6, 6.07) is 10.9. The van der Waals surface area contributed by atoms with Crippen LogP contribution in [0.25, 0.3) is 0 Å². The summed E-state index contributed by atoms with van der Waals surface area (Å²) in [5.41, 5.74) is 1.36. The van der Waals surface area contributed by atoms with Crippen molar-refractivity contribution in [2.24, 2.45) is 5.92 Å². The number of benzene rings is 1. The molecule has 1 atom stereocenters. The Balaban J connectivity index is 1.22. The van der Waals surface area contributed by atoms with Crippen LogP contribution in [0.2, 0.25) is 0 Å². The number of ether oxygens (including phenoxy) is 2. The molecule has 136 valence electrons. The first kappa shape index (κ1) is 16.9. The van der Waals surface area contributed by atoms with Gasteiger partial charge in [-0.15, -0.1) is 0 Å². The van der Waals surface area contributed by atoms with Crippen molar-refractivity contribution in [3.8, 4) is 0 Å². The normalized spacial score (nSPS) is 26.2. The Hall–Kier alpha value is -1.59. The second-order valence-electron chi connectivity index (χ2n) is 7.62. The smallest absolute Gasteiger partial charge is 0.317 e. The number of hydrogen-bond acceptors (Lipinski definition) is 3. The molecular weight excluding hydrogens is 316 g/mol. The summed E-state index contributed by atoms with van der Waals surface area (Å²) >= 11 is 0. The van der Waals surface area contributed by atoms with Crippen LogP contribution in [0.5, 0.6) is 0 Å². The maximum atomic E-state index is 12.6. The van der Waals surface area contributed by atoms with E-state index < -0.39 is 0 Å². The van der Waals surface area contributed by atoms with Gasteiger partial charge < -0.3 is 19.7 Å². The highest BCUT2D eigenvalue weighted by molar-refractivity contribution is 5.74. The highest BCUT2D eigenvalue weighted by atomic mass is 16.7. The minimum absolute atomic E-state index is 0.102. The van der Waals surface area contributed by atoms with Crippen LogP contribution in [0.3, 0.4) is 0 Å². The van der Waals surface area contributed by atoms with E-state index in [-0.39, 0.29) is 17.9 Å².